The van der Waals surface area contributed by atoms with Gasteiger partial charge in [0.05, 0.1) is 19.1 Å². The van der Waals surface area contributed by atoms with Gasteiger partial charge in [0.1, 0.15) is 0 Å². The summed E-state index contributed by atoms with van der Waals surface area (Å²) in [6.45, 7) is 7.49. The maximum atomic E-state index is 14.3. The van der Waals surface area contributed by atoms with Crippen molar-refractivity contribution >= 4 is 11.5 Å². The van der Waals surface area contributed by atoms with Gasteiger partial charge in [0.2, 0.25) is 0 Å². The highest BCUT2D eigenvalue weighted by molar-refractivity contribution is 5.72. The Hall–Kier alpha value is -2.05. The van der Waals surface area contributed by atoms with Crippen molar-refractivity contribution in [1.82, 2.24) is 5.48 Å². The van der Waals surface area contributed by atoms with Gasteiger partial charge in [0.25, 0.3) is 0 Å². The first kappa shape index (κ1) is 21.0. The van der Waals surface area contributed by atoms with Crippen LogP contribution in [0.3, 0.4) is 0 Å². The van der Waals surface area contributed by atoms with Crippen LogP contribution in [0, 0.1) is 11.6 Å². The molecule has 1 aromatic rings. The van der Waals surface area contributed by atoms with Crippen molar-refractivity contribution in [3.8, 4) is 0 Å². The van der Waals surface area contributed by atoms with Gasteiger partial charge in [0, 0.05) is 5.56 Å². The first-order valence-corrected chi connectivity index (χ1v) is 8.26. The topological polar surface area (TPSA) is 58.6 Å². The zero-order valence-corrected chi connectivity index (χ0v) is 15.0. The van der Waals surface area contributed by atoms with Crippen molar-refractivity contribution in [2.45, 2.75) is 46.6 Å². The average Bonchev–Trinajstić information content (AvgIpc) is 2.57. The van der Waals surface area contributed by atoms with Gasteiger partial charge in [-0.15, -0.1) is 0 Å². The summed E-state index contributed by atoms with van der Waals surface area (Å²) in [5, 5.41) is 9.32. The highest BCUT2D eigenvalue weighted by Gasteiger charge is 2.23. The van der Waals surface area contributed by atoms with Gasteiger partial charge in [-0.25, -0.2) is 8.78 Å². The van der Waals surface area contributed by atoms with E-state index in [-0.39, 0.29) is 18.6 Å². The van der Waals surface area contributed by atoms with Gasteiger partial charge in [-0.1, -0.05) is 19.1 Å². The number of nitrogens with one attached hydrogen (secondary N) is 1. The van der Waals surface area contributed by atoms with Crippen LogP contribution < -0.4 is 5.48 Å². The fourth-order valence-electron chi connectivity index (χ4n) is 2.71. The summed E-state index contributed by atoms with van der Waals surface area (Å²) < 4.78 is 33.2. The van der Waals surface area contributed by atoms with E-state index in [0.717, 1.165) is 17.2 Å². The molecule has 0 fully saturated rings. The molecule has 0 amide bonds. The van der Waals surface area contributed by atoms with E-state index >= 15 is 0 Å². The van der Waals surface area contributed by atoms with E-state index in [9.17, 15) is 18.8 Å². The third kappa shape index (κ3) is 5.47. The molecule has 6 heteroatoms. The fourth-order valence-corrected chi connectivity index (χ4v) is 2.71. The standard InChI is InChI=1S/C19H25F2NO3/c1-5-8-12(4)14(6-2)13-9-15(19(21)16(20)10-13)17(22-24)11-18(23)25-7-3/h5,8-10,17,22,24H,6-7,11H2,1-4H3/b8-5-,14-12+. The second-order valence-electron chi connectivity index (χ2n) is 5.57. The minimum atomic E-state index is -1.10. The van der Waals surface area contributed by atoms with E-state index in [1.54, 1.807) is 6.92 Å². The second kappa shape index (κ2) is 10.1. The Labute approximate surface area is 147 Å². The van der Waals surface area contributed by atoms with Gasteiger partial charge in [-0.3, -0.25) is 4.79 Å². The Morgan fingerprint density at radius 1 is 1.36 bits per heavy atom. The van der Waals surface area contributed by atoms with Crippen LogP contribution in [0.15, 0.2) is 29.9 Å². The molecule has 0 spiro atoms. The van der Waals surface area contributed by atoms with Crippen LogP contribution in [-0.2, 0) is 9.53 Å². The lowest BCUT2D eigenvalue weighted by Gasteiger charge is -2.18. The van der Waals surface area contributed by atoms with Crippen molar-refractivity contribution in [3.63, 3.8) is 0 Å². The number of esters is 1. The third-order valence-corrected chi connectivity index (χ3v) is 3.86. The molecule has 1 rings (SSSR count). The number of allylic oxidation sites excluding steroid dienone is 4. The number of halogens is 2. The smallest absolute Gasteiger partial charge is 0.307 e. The number of hydrogen-bond acceptors (Lipinski definition) is 4. The number of hydrogen-bond donors (Lipinski definition) is 2. The molecule has 0 bridgehead atoms. The molecule has 0 saturated carbocycles. The van der Waals surface area contributed by atoms with Crippen molar-refractivity contribution in [2.24, 2.45) is 0 Å². The lowest BCUT2D eigenvalue weighted by Crippen LogP contribution is -2.23. The maximum Gasteiger partial charge on any atom is 0.307 e. The summed E-state index contributed by atoms with van der Waals surface area (Å²) in [6, 6.07) is 1.48. The lowest BCUT2D eigenvalue weighted by molar-refractivity contribution is -0.144. The molecular weight excluding hydrogens is 328 g/mol. The number of rotatable bonds is 8. The van der Waals surface area contributed by atoms with E-state index in [2.05, 4.69) is 0 Å². The summed E-state index contributed by atoms with van der Waals surface area (Å²) in [4.78, 5) is 11.6. The zero-order valence-electron chi connectivity index (χ0n) is 15.0. The minimum Gasteiger partial charge on any atom is -0.466 e. The van der Waals surface area contributed by atoms with Crippen LogP contribution in [0.4, 0.5) is 8.78 Å². The fraction of sp³-hybridized carbons (Fsp3) is 0.421. The Morgan fingerprint density at radius 3 is 2.56 bits per heavy atom. The Bertz CT molecular complexity index is 669. The van der Waals surface area contributed by atoms with Gasteiger partial charge in [0.15, 0.2) is 11.6 Å². The Morgan fingerprint density at radius 2 is 2.04 bits per heavy atom. The van der Waals surface area contributed by atoms with Gasteiger partial charge < -0.3 is 9.94 Å². The molecule has 0 aromatic heterocycles. The molecule has 0 aliphatic rings. The number of carbonyl (C=O) groups excluding carboxylic acids is 1. The summed E-state index contributed by atoms with van der Waals surface area (Å²) >= 11 is 0. The summed E-state index contributed by atoms with van der Waals surface area (Å²) in [5.74, 6) is -2.75. The lowest BCUT2D eigenvalue weighted by atomic mass is 9.93. The molecule has 1 atom stereocenters. The third-order valence-electron chi connectivity index (χ3n) is 3.86. The zero-order chi connectivity index (χ0) is 19.0. The molecule has 0 aliphatic carbocycles. The summed E-state index contributed by atoms with van der Waals surface area (Å²) in [7, 11) is 0. The molecule has 0 saturated heterocycles. The molecule has 1 aromatic carbocycles. The van der Waals surface area contributed by atoms with Gasteiger partial charge in [-0.05, 0) is 56.0 Å². The highest BCUT2D eigenvalue weighted by atomic mass is 19.2. The van der Waals surface area contributed by atoms with E-state index in [4.69, 9.17) is 4.74 Å². The second-order valence-corrected chi connectivity index (χ2v) is 5.57. The molecule has 0 aliphatic heterocycles. The number of hydroxylamine groups is 1. The Kier molecular flexibility index (Phi) is 8.45. The Balaban J connectivity index is 3.39. The number of benzene rings is 1. The van der Waals surface area contributed by atoms with Crippen molar-refractivity contribution < 1.29 is 23.5 Å². The molecular formula is C19H25F2NO3. The van der Waals surface area contributed by atoms with Crippen molar-refractivity contribution in [3.05, 3.63) is 52.6 Å². The highest BCUT2D eigenvalue weighted by Crippen LogP contribution is 2.30. The van der Waals surface area contributed by atoms with Crippen LogP contribution >= 0.6 is 0 Å². The molecule has 138 valence electrons. The SMILES string of the molecule is C/C=C\C(C)=C(/CC)c1cc(F)c(F)c(C(CC(=O)OCC)NO)c1. The molecule has 2 N–H and O–H groups in total. The van der Waals surface area contributed by atoms with Crippen molar-refractivity contribution in [1.29, 1.82) is 0 Å². The van der Waals surface area contributed by atoms with Crippen LogP contribution in [0.1, 0.15) is 57.7 Å². The summed E-state index contributed by atoms with van der Waals surface area (Å²) in [6.07, 6.45) is 4.06. The van der Waals surface area contributed by atoms with E-state index in [1.165, 1.54) is 6.07 Å². The van der Waals surface area contributed by atoms with Crippen LogP contribution in [0.5, 0.6) is 0 Å². The minimum absolute atomic E-state index is 0.121. The van der Waals surface area contributed by atoms with Gasteiger partial charge >= 0.3 is 5.97 Å². The molecule has 1 unspecified atom stereocenters. The predicted molar refractivity (Wildman–Crippen MR) is 93.0 cm³/mol. The van der Waals surface area contributed by atoms with E-state index < -0.39 is 23.6 Å². The molecule has 25 heavy (non-hydrogen) atoms. The van der Waals surface area contributed by atoms with Crippen LogP contribution in [0.25, 0.3) is 5.57 Å². The van der Waals surface area contributed by atoms with E-state index in [1.807, 2.05) is 38.4 Å². The van der Waals surface area contributed by atoms with E-state index in [0.29, 0.717) is 12.0 Å². The monoisotopic (exact) mass is 353 g/mol. The van der Waals surface area contributed by atoms with Crippen LogP contribution in [-0.4, -0.2) is 17.8 Å². The van der Waals surface area contributed by atoms with Crippen molar-refractivity contribution in [2.75, 3.05) is 6.61 Å². The van der Waals surface area contributed by atoms with Crippen LogP contribution in [0.2, 0.25) is 0 Å². The number of ether oxygens (including phenoxy) is 1. The maximum absolute atomic E-state index is 14.3. The quantitative estimate of drug-likeness (QED) is 0.404. The molecule has 0 heterocycles. The number of carbonyl (C=O) groups is 1. The first-order chi connectivity index (χ1) is 11.9. The average molecular weight is 353 g/mol. The molecule has 4 nitrogen and oxygen atoms in total. The summed E-state index contributed by atoms with van der Waals surface area (Å²) in [5.41, 5.74) is 4.05. The normalized spacial score (nSPS) is 13.7. The largest absolute Gasteiger partial charge is 0.466 e. The first-order valence-electron chi connectivity index (χ1n) is 8.26. The molecule has 0 radical (unpaired) electrons. The van der Waals surface area contributed by atoms with Gasteiger partial charge in [-0.2, -0.15) is 5.48 Å². The predicted octanol–water partition coefficient (Wildman–Crippen LogP) is 4.70.